The van der Waals surface area contributed by atoms with Gasteiger partial charge in [-0.1, -0.05) is 35.4 Å². The normalized spacial score (nSPS) is 34.2. The second kappa shape index (κ2) is 4.07. The predicted octanol–water partition coefficient (Wildman–Crippen LogP) is 2.44. The third kappa shape index (κ3) is 1.47. The van der Waals surface area contributed by atoms with Gasteiger partial charge in [-0.25, -0.2) is 4.90 Å². The van der Waals surface area contributed by atoms with Gasteiger partial charge in [-0.3, -0.25) is 9.59 Å². The van der Waals surface area contributed by atoms with Crippen LogP contribution in [-0.4, -0.2) is 24.0 Å². The summed E-state index contributed by atoms with van der Waals surface area (Å²) in [6.07, 6.45) is 3.11. The summed E-state index contributed by atoms with van der Waals surface area (Å²) in [6, 6.07) is 4.73. The fourth-order valence-corrected chi connectivity index (χ4v) is 3.70. The number of amides is 2. The van der Waals surface area contributed by atoms with E-state index in [2.05, 4.69) is 0 Å². The van der Waals surface area contributed by atoms with E-state index in [1.165, 1.54) is 11.0 Å². The van der Waals surface area contributed by atoms with Crippen LogP contribution in [0.25, 0.3) is 0 Å². The monoisotopic (exact) mass is 309 g/mol. The Morgan fingerprint density at radius 3 is 2.15 bits per heavy atom. The molecule has 3 aliphatic rings. The van der Waals surface area contributed by atoms with Gasteiger partial charge < -0.3 is 4.74 Å². The number of carbonyl (C=O) groups excluding carboxylic acids is 2. The van der Waals surface area contributed by atoms with Crippen LogP contribution >= 0.6 is 23.2 Å². The molecule has 2 fully saturated rings. The summed E-state index contributed by atoms with van der Waals surface area (Å²) in [4.78, 5) is 26.2. The number of anilines is 1. The van der Waals surface area contributed by atoms with Crippen molar-refractivity contribution in [2.45, 2.75) is 12.2 Å². The summed E-state index contributed by atoms with van der Waals surface area (Å²) >= 11 is 12.0. The van der Waals surface area contributed by atoms with Gasteiger partial charge >= 0.3 is 0 Å². The van der Waals surface area contributed by atoms with E-state index in [1.54, 1.807) is 12.1 Å². The van der Waals surface area contributed by atoms with Gasteiger partial charge in [0.15, 0.2) is 0 Å². The molecule has 4 rings (SSSR count). The van der Waals surface area contributed by atoms with E-state index >= 15 is 0 Å². The van der Waals surface area contributed by atoms with Gasteiger partial charge in [0.25, 0.3) is 0 Å². The zero-order valence-corrected chi connectivity index (χ0v) is 11.6. The largest absolute Gasteiger partial charge is 0.365 e. The molecule has 0 unspecified atom stereocenters. The van der Waals surface area contributed by atoms with E-state index in [9.17, 15) is 9.59 Å². The van der Waals surface area contributed by atoms with Gasteiger partial charge in [0, 0.05) is 5.02 Å². The Bertz CT molecular complexity index is 642. The quantitative estimate of drug-likeness (QED) is 0.591. The van der Waals surface area contributed by atoms with Crippen LogP contribution in [0.2, 0.25) is 10.0 Å². The Hall–Kier alpha value is -1.36. The molecule has 1 aromatic carbocycles. The number of imide groups is 1. The molecule has 0 saturated carbocycles. The summed E-state index contributed by atoms with van der Waals surface area (Å²) in [5, 5.41) is 0.753. The summed E-state index contributed by atoms with van der Waals surface area (Å²) < 4.78 is 5.58. The zero-order chi connectivity index (χ0) is 14.0. The fraction of sp³-hybridized carbons (Fsp3) is 0.286. The number of halogens is 2. The lowest BCUT2D eigenvalue weighted by Gasteiger charge is -2.18. The highest BCUT2D eigenvalue weighted by atomic mass is 35.5. The van der Waals surface area contributed by atoms with Gasteiger partial charge in [0.05, 0.1) is 34.8 Å². The second-order valence-corrected chi connectivity index (χ2v) is 5.95. The SMILES string of the molecule is O=C1[C@@H]2[C@H](C(=O)N1c1ccc(Cl)cc1Cl)[C@H]1C=C[C@@H]2O1. The maximum Gasteiger partial charge on any atom is 0.240 e. The van der Waals surface area contributed by atoms with Crippen molar-refractivity contribution in [3.05, 3.63) is 40.4 Å². The van der Waals surface area contributed by atoms with Gasteiger partial charge in [0.1, 0.15) is 0 Å². The van der Waals surface area contributed by atoms with Gasteiger partial charge in [0.2, 0.25) is 11.8 Å². The molecule has 0 spiro atoms. The van der Waals surface area contributed by atoms with Crippen molar-refractivity contribution in [2.24, 2.45) is 11.8 Å². The minimum Gasteiger partial charge on any atom is -0.365 e. The molecule has 2 saturated heterocycles. The molecule has 2 amide bonds. The highest BCUT2D eigenvalue weighted by Crippen LogP contribution is 2.47. The average molecular weight is 310 g/mol. The maximum atomic E-state index is 12.5. The van der Waals surface area contributed by atoms with E-state index in [0.29, 0.717) is 15.7 Å². The first kappa shape index (κ1) is 12.4. The Balaban J connectivity index is 1.78. The number of carbonyl (C=O) groups is 2. The topological polar surface area (TPSA) is 46.6 Å². The molecule has 20 heavy (non-hydrogen) atoms. The molecular weight excluding hydrogens is 301 g/mol. The van der Waals surface area contributed by atoms with Crippen LogP contribution < -0.4 is 4.90 Å². The number of nitrogens with zero attached hydrogens (tertiary/aromatic N) is 1. The molecule has 3 heterocycles. The van der Waals surface area contributed by atoms with Crippen molar-refractivity contribution in [3.63, 3.8) is 0 Å². The minimum atomic E-state index is -0.427. The molecule has 0 aliphatic carbocycles. The van der Waals surface area contributed by atoms with E-state index in [0.717, 1.165) is 0 Å². The summed E-state index contributed by atoms with van der Waals surface area (Å²) in [5.74, 6) is -1.35. The molecule has 0 radical (unpaired) electrons. The molecule has 3 aliphatic heterocycles. The number of ether oxygens (including phenoxy) is 1. The van der Waals surface area contributed by atoms with E-state index in [-0.39, 0.29) is 24.0 Å². The smallest absolute Gasteiger partial charge is 0.240 e. The lowest BCUT2D eigenvalue weighted by molar-refractivity contribution is -0.124. The number of benzene rings is 1. The van der Waals surface area contributed by atoms with Crippen LogP contribution in [0.3, 0.4) is 0 Å². The first-order valence-electron chi connectivity index (χ1n) is 6.24. The van der Waals surface area contributed by atoms with Crippen LogP contribution in [0.1, 0.15) is 0 Å². The highest BCUT2D eigenvalue weighted by Gasteiger charge is 2.61. The van der Waals surface area contributed by atoms with Crippen molar-refractivity contribution >= 4 is 40.7 Å². The number of fused-ring (bicyclic) bond motifs is 5. The third-order valence-corrected chi connectivity index (χ3v) is 4.60. The van der Waals surface area contributed by atoms with Gasteiger partial charge in [-0.2, -0.15) is 0 Å². The molecule has 4 nitrogen and oxygen atoms in total. The highest BCUT2D eigenvalue weighted by molar-refractivity contribution is 6.38. The standard InChI is InChI=1S/C14H9Cl2NO3/c15-6-1-2-8(7(16)5-6)17-13(18)11-9-3-4-10(20-9)12(11)14(17)19/h1-5,9-12H/t9-,10+,11-,12+. The molecule has 2 bridgehead atoms. The van der Waals surface area contributed by atoms with Crippen LogP contribution in [0.4, 0.5) is 5.69 Å². The Morgan fingerprint density at radius 2 is 1.60 bits per heavy atom. The Labute approximate surface area is 124 Å². The van der Waals surface area contributed by atoms with Crippen LogP contribution in [-0.2, 0) is 14.3 Å². The minimum absolute atomic E-state index is 0.249. The van der Waals surface area contributed by atoms with Crippen LogP contribution in [0.15, 0.2) is 30.4 Å². The van der Waals surface area contributed by atoms with E-state index in [4.69, 9.17) is 27.9 Å². The molecule has 6 heteroatoms. The Kier molecular flexibility index (Phi) is 2.52. The molecular formula is C14H9Cl2NO3. The summed E-state index contributed by atoms with van der Waals surface area (Å²) in [7, 11) is 0. The lowest BCUT2D eigenvalue weighted by atomic mass is 9.85. The van der Waals surface area contributed by atoms with Crippen molar-refractivity contribution in [1.82, 2.24) is 0 Å². The van der Waals surface area contributed by atoms with E-state index < -0.39 is 11.8 Å². The predicted molar refractivity (Wildman–Crippen MR) is 73.7 cm³/mol. The zero-order valence-electron chi connectivity index (χ0n) is 10.1. The molecule has 0 N–H and O–H groups in total. The van der Waals surface area contributed by atoms with Crippen LogP contribution in [0.5, 0.6) is 0 Å². The van der Waals surface area contributed by atoms with Crippen molar-refractivity contribution in [2.75, 3.05) is 4.90 Å². The van der Waals surface area contributed by atoms with Gasteiger partial charge in [-0.05, 0) is 18.2 Å². The second-order valence-electron chi connectivity index (χ2n) is 5.11. The first-order chi connectivity index (χ1) is 9.58. The lowest BCUT2D eigenvalue weighted by Crippen LogP contribution is -2.34. The molecule has 0 aromatic heterocycles. The molecule has 1 aromatic rings. The maximum absolute atomic E-state index is 12.5. The van der Waals surface area contributed by atoms with Crippen molar-refractivity contribution in [1.29, 1.82) is 0 Å². The Morgan fingerprint density at radius 1 is 1.00 bits per heavy atom. The first-order valence-corrected chi connectivity index (χ1v) is 7.00. The average Bonchev–Trinajstić information content (AvgIpc) is 3.06. The van der Waals surface area contributed by atoms with Crippen LogP contribution in [0, 0.1) is 11.8 Å². The summed E-state index contributed by atoms with van der Waals surface area (Å²) in [6.45, 7) is 0. The van der Waals surface area contributed by atoms with Gasteiger partial charge in [-0.15, -0.1) is 0 Å². The number of hydrogen-bond acceptors (Lipinski definition) is 3. The molecule has 102 valence electrons. The van der Waals surface area contributed by atoms with Crippen molar-refractivity contribution in [3.8, 4) is 0 Å². The fourth-order valence-electron chi connectivity index (χ4n) is 3.20. The van der Waals surface area contributed by atoms with Crippen molar-refractivity contribution < 1.29 is 14.3 Å². The van der Waals surface area contributed by atoms with E-state index in [1.807, 2.05) is 12.2 Å². The third-order valence-electron chi connectivity index (χ3n) is 4.06. The number of rotatable bonds is 1. The number of hydrogen-bond donors (Lipinski definition) is 0. The summed E-state index contributed by atoms with van der Waals surface area (Å²) in [5.41, 5.74) is 0.389. The molecule has 4 atom stereocenters.